The quantitative estimate of drug-likeness (QED) is 0.836. The van der Waals surface area contributed by atoms with Crippen LogP contribution in [0.25, 0.3) is 0 Å². The summed E-state index contributed by atoms with van der Waals surface area (Å²) >= 11 is 0. The van der Waals surface area contributed by atoms with Crippen molar-refractivity contribution in [2.45, 2.75) is 26.8 Å². The maximum absolute atomic E-state index is 12.2. The molecule has 0 aliphatic heterocycles. The lowest BCUT2D eigenvalue weighted by atomic mass is 10.0. The Hall–Kier alpha value is -1.52. The van der Waals surface area contributed by atoms with Crippen LogP contribution in [0, 0.1) is 5.92 Å². The van der Waals surface area contributed by atoms with Gasteiger partial charge in [0, 0.05) is 20.1 Å². The third-order valence-corrected chi connectivity index (χ3v) is 3.07. The second-order valence-electron chi connectivity index (χ2n) is 4.47. The lowest BCUT2D eigenvalue weighted by Crippen LogP contribution is -2.39. The average molecular weight is 224 g/mol. The number of aromatic nitrogens is 2. The van der Waals surface area contributed by atoms with Crippen molar-refractivity contribution in [1.82, 2.24) is 14.7 Å². The molecule has 1 aromatic rings. The number of nitrogen functional groups attached to an aromatic ring is 1. The molecule has 1 amide bonds. The molecule has 16 heavy (non-hydrogen) atoms. The maximum atomic E-state index is 12.2. The van der Waals surface area contributed by atoms with E-state index in [0.29, 0.717) is 17.3 Å². The molecule has 1 aromatic heterocycles. The Labute approximate surface area is 96.2 Å². The molecule has 1 atom stereocenters. The van der Waals surface area contributed by atoms with E-state index in [9.17, 15) is 4.79 Å². The Kier molecular flexibility index (Phi) is 3.57. The van der Waals surface area contributed by atoms with Gasteiger partial charge in [0.25, 0.3) is 5.91 Å². The van der Waals surface area contributed by atoms with Crippen molar-refractivity contribution in [2.24, 2.45) is 13.0 Å². The fourth-order valence-corrected chi connectivity index (χ4v) is 1.52. The van der Waals surface area contributed by atoms with Crippen molar-refractivity contribution >= 4 is 11.6 Å². The molecule has 5 heteroatoms. The predicted octanol–water partition coefficient (Wildman–Crippen LogP) is 1.12. The molecule has 0 aliphatic carbocycles. The smallest absolute Gasteiger partial charge is 0.274 e. The Morgan fingerprint density at radius 3 is 2.44 bits per heavy atom. The molecular weight excluding hydrogens is 204 g/mol. The van der Waals surface area contributed by atoms with Crippen molar-refractivity contribution in [1.29, 1.82) is 0 Å². The molecule has 0 aromatic carbocycles. The molecule has 0 saturated heterocycles. The van der Waals surface area contributed by atoms with E-state index in [0.717, 1.165) is 0 Å². The van der Waals surface area contributed by atoms with Crippen LogP contribution < -0.4 is 5.73 Å². The van der Waals surface area contributed by atoms with Crippen LogP contribution in [0.2, 0.25) is 0 Å². The molecule has 90 valence electrons. The number of rotatable bonds is 3. The van der Waals surface area contributed by atoms with Gasteiger partial charge < -0.3 is 10.6 Å². The van der Waals surface area contributed by atoms with Crippen LogP contribution in [0.3, 0.4) is 0 Å². The topological polar surface area (TPSA) is 64.2 Å². The van der Waals surface area contributed by atoms with E-state index in [1.807, 2.05) is 6.92 Å². The first kappa shape index (κ1) is 12.5. The molecule has 0 saturated carbocycles. The molecule has 0 fully saturated rings. The predicted molar refractivity (Wildman–Crippen MR) is 64.0 cm³/mol. The average Bonchev–Trinajstić information content (AvgIpc) is 2.55. The van der Waals surface area contributed by atoms with Gasteiger partial charge in [0.15, 0.2) is 0 Å². The van der Waals surface area contributed by atoms with E-state index in [-0.39, 0.29) is 11.9 Å². The van der Waals surface area contributed by atoms with Gasteiger partial charge in [-0.05, 0) is 12.8 Å². The molecule has 1 unspecified atom stereocenters. The highest BCUT2D eigenvalue weighted by Gasteiger charge is 2.24. The van der Waals surface area contributed by atoms with Crippen molar-refractivity contribution in [3.8, 4) is 0 Å². The van der Waals surface area contributed by atoms with E-state index < -0.39 is 0 Å². The van der Waals surface area contributed by atoms with Gasteiger partial charge in [-0.1, -0.05) is 13.8 Å². The van der Waals surface area contributed by atoms with Crippen LogP contribution in [0.1, 0.15) is 31.3 Å². The highest BCUT2D eigenvalue weighted by Crippen LogP contribution is 2.16. The summed E-state index contributed by atoms with van der Waals surface area (Å²) in [5.74, 6) is 0.321. The van der Waals surface area contributed by atoms with Crippen molar-refractivity contribution < 1.29 is 4.79 Å². The van der Waals surface area contributed by atoms with Crippen LogP contribution in [0.15, 0.2) is 6.20 Å². The highest BCUT2D eigenvalue weighted by molar-refractivity contribution is 5.97. The molecule has 2 N–H and O–H groups in total. The summed E-state index contributed by atoms with van der Waals surface area (Å²) in [6.45, 7) is 6.19. The standard InChI is InChI=1S/C11H20N4O/c1-7(2)8(3)14(4)11(16)10-9(12)6-13-15(10)5/h6-8H,12H2,1-5H3. The first-order valence-corrected chi connectivity index (χ1v) is 5.40. The second-order valence-corrected chi connectivity index (χ2v) is 4.47. The Morgan fingerprint density at radius 1 is 1.50 bits per heavy atom. The Morgan fingerprint density at radius 2 is 2.06 bits per heavy atom. The largest absolute Gasteiger partial charge is 0.396 e. The summed E-state index contributed by atoms with van der Waals surface area (Å²) in [5, 5.41) is 3.97. The zero-order valence-electron chi connectivity index (χ0n) is 10.6. The normalized spacial score (nSPS) is 12.9. The molecular formula is C11H20N4O. The summed E-state index contributed by atoms with van der Waals surface area (Å²) in [7, 11) is 3.51. The SMILES string of the molecule is CC(C)C(C)N(C)C(=O)c1c(N)cnn1C. The lowest BCUT2D eigenvalue weighted by Gasteiger charge is -2.28. The number of carbonyl (C=O) groups excluding carboxylic acids is 1. The number of anilines is 1. The number of hydrogen-bond acceptors (Lipinski definition) is 3. The van der Waals surface area contributed by atoms with Crippen molar-refractivity contribution in [2.75, 3.05) is 12.8 Å². The van der Waals surface area contributed by atoms with E-state index in [4.69, 9.17) is 5.73 Å². The fourth-order valence-electron chi connectivity index (χ4n) is 1.52. The van der Waals surface area contributed by atoms with Crippen LogP contribution in [0.4, 0.5) is 5.69 Å². The molecule has 1 rings (SSSR count). The van der Waals surface area contributed by atoms with E-state index >= 15 is 0 Å². The number of carbonyl (C=O) groups is 1. The Bertz CT molecular complexity index is 364. The minimum absolute atomic E-state index is 0.0845. The second kappa shape index (κ2) is 4.55. The van der Waals surface area contributed by atoms with Gasteiger partial charge in [-0.2, -0.15) is 5.10 Å². The number of amides is 1. The molecule has 1 heterocycles. The van der Waals surface area contributed by atoms with Crippen LogP contribution in [-0.2, 0) is 7.05 Å². The highest BCUT2D eigenvalue weighted by atomic mass is 16.2. The van der Waals surface area contributed by atoms with E-state index in [1.54, 1.807) is 19.0 Å². The van der Waals surface area contributed by atoms with Crippen LogP contribution in [-0.4, -0.2) is 33.7 Å². The first-order chi connectivity index (χ1) is 7.36. The van der Waals surface area contributed by atoms with Crippen molar-refractivity contribution in [3.63, 3.8) is 0 Å². The third-order valence-electron chi connectivity index (χ3n) is 3.07. The van der Waals surface area contributed by atoms with Gasteiger partial charge in [-0.3, -0.25) is 9.48 Å². The molecule has 5 nitrogen and oxygen atoms in total. The van der Waals surface area contributed by atoms with E-state index in [2.05, 4.69) is 18.9 Å². The molecule has 0 bridgehead atoms. The van der Waals surface area contributed by atoms with Gasteiger partial charge in [-0.15, -0.1) is 0 Å². The van der Waals surface area contributed by atoms with Gasteiger partial charge >= 0.3 is 0 Å². The van der Waals surface area contributed by atoms with Gasteiger partial charge in [0.05, 0.1) is 11.9 Å². The van der Waals surface area contributed by atoms with Gasteiger partial charge in [0.1, 0.15) is 5.69 Å². The maximum Gasteiger partial charge on any atom is 0.274 e. The molecule has 0 aliphatic rings. The van der Waals surface area contributed by atoms with E-state index in [1.165, 1.54) is 10.9 Å². The van der Waals surface area contributed by atoms with Crippen LogP contribution in [0.5, 0.6) is 0 Å². The molecule has 0 radical (unpaired) electrons. The summed E-state index contributed by atoms with van der Waals surface area (Å²) in [6.07, 6.45) is 1.50. The fraction of sp³-hybridized carbons (Fsp3) is 0.636. The van der Waals surface area contributed by atoms with Crippen molar-refractivity contribution in [3.05, 3.63) is 11.9 Å². The zero-order valence-corrected chi connectivity index (χ0v) is 10.6. The third kappa shape index (κ3) is 2.18. The monoisotopic (exact) mass is 224 g/mol. The number of nitrogens with two attached hydrogens (primary N) is 1. The van der Waals surface area contributed by atoms with Gasteiger partial charge in [-0.25, -0.2) is 0 Å². The number of nitrogens with zero attached hydrogens (tertiary/aromatic N) is 3. The Balaban J connectivity index is 2.95. The molecule has 0 spiro atoms. The zero-order chi connectivity index (χ0) is 12.5. The first-order valence-electron chi connectivity index (χ1n) is 5.40. The van der Waals surface area contributed by atoms with Gasteiger partial charge in [0.2, 0.25) is 0 Å². The summed E-state index contributed by atoms with van der Waals surface area (Å²) in [6, 6.07) is 0.168. The summed E-state index contributed by atoms with van der Waals surface area (Å²) in [5.41, 5.74) is 6.61. The number of aryl methyl sites for hydroxylation is 1. The van der Waals surface area contributed by atoms with Crippen LogP contribution >= 0.6 is 0 Å². The minimum Gasteiger partial charge on any atom is -0.396 e. The summed E-state index contributed by atoms with van der Waals surface area (Å²) in [4.78, 5) is 13.9. The lowest BCUT2D eigenvalue weighted by molar-refractivity contribution is 0.0697. The minimum atomic E-state index is -0.0845. The summed E-state index contributed by atoms with van der Waals surface area (Å²) < 4.78 is 1.52. The number of hydrogen-bond donors (Lipinski definition) is 1.